The third kappa shape index (κ3) is 2.95. The monoisotopic (exact) mass is 240 g/mol. The molecule has 0 spiro atoms. The van der Waals surface area contributed by atoms with E-state index in [4.69, 9.17) is 0 Å². The van der Waals surface area contributed by atoms with E-state index in [2.05, 4.69) is 10.3 Å². The first kappa shape index (κ1) is 11.4. The fraction of sp³-hybridized carbons (Fsp3) is 0.545. The second-order valence-electron chi connectivity index (χ2n) is 4.29. The molecular weight excluding hydrogens is 224 g/mol. The van der Waals surface area contributed by atoms with Crippen molar-refractivity contribution < 1.29 is 8.42 Å². The highest BCUT2D eigenvalue weighted by Gasteiger charge is 2.23. The van der Waals surface area contributed by atoms with Gasteiger partial charge in [-0.3, -0.25) is 0 Å². The van der Waals surface area contributed by atoms with Gasteiger partial charge in [-0.1, -0.05) is 6.07 Å². The molecule has 0 amide bonds. The van der Waals surface area contributed by atoms with Crippen LogP contribution in [0.4, 0.5) is 5.82 Å². The second kappa shape index (κ2) is 4.41. The molecule has 0 aliphatic carbocycles. The highest BCUT2D eigenvalue weighted by atomic mass is 32.2. The van der Waals surface area contributed by atoms with Gasteiger partial charge in [-0.15, -0.1) is 0 Å². The van der Waals surface area contributed by atoms with Gasteiger partial charge in [0.25, 0.3) is 0 Å². The molecule has 1 aromatic rings. The first-order valence-electron chi connectivity index (χ1n) is 5.45. The molecule has 0 radical (unpaired) electrons. The number of anilines is 1. The maximum atomic E-state index is 11.2. The molecule has 1 aliphatic rings. The Bertz CT molecular complexity index is 439. The summed E-state index contributed by atoms with van der Waals surface area (Å²) in [5, 5.41) is 3.27. The maximum absolute atomic E-state index is 11.2. The van der Waals surface area contributed by atoms with Gasteiger partial charge in [-0.05, 0) is 31.4 Å². The summed E-state index contributed by atoms with van der Waals surface area (Å²) in [5.41, 5.74) is 1.12. The largest absolute Gasteiger partial charge is 0.367 e. The number of nitrogens with one attached hydrogen (secondary N) is 1. The summed E-state index contributed by atoms with van der Waals surface area (Å²) >= 11 is 0. The number of sulfone groups is 1. The van der Waals surface area contributed by atoms with Crippen LogP contribution < -0.4 is 5.32 Å². The first-order valence-corrected chi connectivity index (χ1v) is 7.27. The SMILES string of the molecule is Cc1ccc(NC2CCS(=O)(=O)CC2)nc1. The lowest BCUT2D eigenvalue weighted by atomic mass is 10.1. The van der Waals surface area contributed by atoms with Crippen molar-refractivity contribution in [3.05, 3.63) is 23.9 Å². The minimum atomic E-state index is -2.78. The van der Waals surface area contributed by atoms with Crippen molar-refractivity contribution >= 4 is 15.7 Å². The molecule has 4 nitrogen and oxygen atoms in total. The third-order valence-electron chi connectivity index (χ3n) is 2.82. The van der Waals surface area contributed by atoms with E-state index in [0.29, 0.717) is 12.8 Å². The number of hydrogen-bond donors (Lipinski definition) is 1. The number of nitrogens with zero attached hydrogens (tertiary/aromatic N) is 1. The molecule has 1 N–H and O–H groups in total. The van der Waals surface area contributed by atoms with E-state index < -0.39 is 9.84 Å². The number of rotatable bonds is 2. The highest BCUT2D eigenvalue weighted by Crippen LogP contribution is 2.16. The van der Waals surface area contributed by atoms with Gasteiger partial charge in [0.2, 0.25) is 0 Å². The molecular formula is C11H16N2O2S. The molecule has 2 heterocycles. The summed E-state index contributed by atoms with van der Waals surface area (Å²) in [7, 11) is -2.78. The molecule has 1 fully saturated rings. The molecule has 5 heteroatoms. The molecule has 88 valence electrons. The van der Waals surface area contributed by atoms with Gasteiger partial charge in [0.15, 0.2) is 0 Å². The van der Waals surface area contributed by atoms with Crippen LogP contribution in [0.3, 0.4) is 0 Å². The van der Waals surface area contributed by atoms with Crippen LogP contribution in [-0.2, 0) is 9.84 Å². The average Bonchev–Trinajstić information content (AvgIpc) is 2.24. The van der Waals surface area contributed by atoms with Crippen molar-refractivity contribution in [1.82, 2.24) is 4.98 Å². The van der Waals surface area contributed by atoms with Crippen molar-refractivity contribution in [1.29, 1.82) is 0 Å². The molecule has 0 atom stereocenters. The van der Waals surface area contributed by atoms with E-state index in [-0.39, 0.29) is 17.5 Å². The lowest BCUT2D eigenvalue weighted by molar-refractivity contribution is 0.559. The van der Waals surface area contributed by atoms with Gasteiger partial charge in [0.05, 0.1) is 11.5 Å². The highest BCUT2D eigenvalue weighted by molar-refractivity contribution is 7.91. The fourth-order valence-corrected chi connectivity index (χ4v) is 3.29. The molecule has 1 saturated heterocycles. The van der Waals surface area contributed by atoms with Crippen LogP contribution in [0.25, 0.3) is 0 Å². The van der Waals surface area contributed by atoms with Crippen molar-refractivity contribution in [3.63, 3.8) is 0 Å². The van der Waals surface area contributed by atoms with Crippen molar-refractivity contribution in [3.8, 4) is 0 Å². The molecule has 0 unspecified atom stereocenters. The van der Waals surface area contributed by atoms with Crippen LogP contribution in [0.1, 0.15) is 18.4 Å². The minimum absolute atomic E-state index is 0.235. The average molecular weight is 240 g/mol. The van der Waals surface area contributed by atoms with Gasteiger partial charge in [0.1, 0.15) is 15.7 Å². The van der Waals surface area contributed by atoms with Crippen LogP contribution in [0.5, 0.6) is 0 Å². The normalized spacial score (nSPS) is 20.6. The zero-order chi connectivity index (χ0) is 11.6. The maximum Gasteiger partial charge on any atom is 0.150 e. The van der Waals surface area contributed by atoms with Crippen LogP contribution in [-0.4, -0.2) is 30.9 Å². The molecule has 1 aromatic heterocycles. The Balaban J connectivity index is 1.94. The van der Waals surface area contributed by atoms with Crippen molar-refractivity contribution in [2.75, 3.05) is 16.8 Å². The summed E-state index contributed by atoms with van der Waals surface area (Å²) in [6.07, 6.45) is 3.16. The number of hydrogen-bond acceptors (Lipinski definition) is 4. The summed E-state index contributed by atoms with van der Waals surface area (Å²) in [5.74, 6) is 1.41. The van der Waals surface area contributed by atoms with E-state index in [1.54, 1.807) is 0 Å². The molecule has 0 bridgehead atoms. The Morgan fingerprint density at radius 1 is 1.31 bits per heavy atom. The number of aryl methyl sites for hydroxylation is 1. The molecule has 16 heavy (non-hydrogen) atoms. The smallest absolute Gasteiger partial charge is 0.150 e. The molecule has 0 saturated carbocycles. The fourth-order valence-electron chi connectivity index (χ4n) is 1.80. The van der Waals surface area contributed by atoms with Gasteiger partial charge in [0, 0.05) is 12.2 Å². The van der Waals surface area contributed by atoms with Gasteiger partial charge >= 0.3 is 0 Å². The van der Waals surface area contributed by atoms with Gasteiger partial charge in [-0.2, -0.15) is 0 Å². The van der Waals surface area contributed by atoms with Gasteiger partial charge < -0.3 is 5.32 Å². The standard InChI is InChI=1S/C11H16N2O2S/c1-9-2-3-11(12-8-9)13-10-4-6-16(14,15)7-5-10/h2-3,8,10H,4-7H2,1H3,(H,12,13). The van der Waals surface area contributed by atoms with Crippen LogP contribution in [0.15, 0.2) is 18.3 Å². The summed E-state index contributed by atoms with van der Waals surface area (Å²) in [4.78, 5) is 4.25. The molecule has 2 rings (SSSR count). The Hall–Kier alpha value is -1.10. The lowest BCUT2D eigenvalue weighted by Crippen LogP contribution is -2.32. The molecule has 0 aromatic carbocycles. The number of aromatic nitrogens is 1. The zero-order valence-electron chi connectivity index (χ0n) is 9.31. The molecule has 1 aliphatic heterocycles. The summed E-state index contributed by atoms with van der Waals surface area (Å²) in [6.45, 7) is 1.99. The second-order valence-corrected chi connectivity index (χ2v) is 6.59. The van der Waals surface area contributed by atoms with Gasteiger partial charge in [-0.25, -0.2) is 13.4 Å². The van der Waals surface area contributed by atoms with Crippen molar-refractivity contribution in [2.24, 2.45) is 0 Å². The number of pyridine rings is 1. The lowest BCUT2D eigenvalue weighted by Gasteiger charge is -2.23. The van der Waals surface area contributed by atoms with E-state index in [1.807, 2.05) is 25.3 Å². The predicted molar refractivity (Wildman–Crippen MR) is 64.3 cm³/mol. The van der Waals surface area contributed by atoms with Crippen molar-refractivity contribution in [2.45, 2.75) is 25.8 Å². The Morgan fingerprint density at radius 3 is 2.56 bits per heavy atom. The van der Waals surface area contributed by atoms with E-state index >= 15 is 0 Å². The predicted octanol–water partition coefficient (Wildman–Crippen LogP) is 1.38. The Morgan fingerprint density at radius 2 is 2.00 bits per heavy atom. The third-order valence-corrected chi connectivity index (χ3v) is 4.53. The topological polar surface area (TPSA) is 59.1 Å². The first-order chi connectivity index (χ1) is 7.55. The van der Waals surface area contributed by atoms with E-state index in [9.17, 15) is 8.42 Å². The summed E-state index contributed by atoms with van der Waals surface area (Å²) in [6, 6.07) is 4.16. The van der Waals surface area contributed by atoms with Crippen LogP contribution >= 0.6 is 0 Å². The quantitative estimate of drug-likeness (QED) is 0.848. The van der Waals surface area contributed by atoms with E-state index in [0.717, 1.165) is 11.4 Å². The zero-order valence-corrected chi connectivity index (χ0v) is 10.1. The Kier molecular flexibility index (Phi) is 3.14. The van der Waals surface area contributed by atoms with E-state index in [1.165, 1.54) is 0 Å². The van der Waals surface area contributed by atoms with Crippen LogP contribution in [0, 0.1) is 6.92 Å². The minimum Gasteiger partial charge on any atom is -0.367 e. The van der Waals surface area contributed by atoms with Crippen LogP contribution in [0.2, 0.25) is 0 Å². The summed E-state index contributed by atoms with van der Waals surface area (Å²) < 4.78 is 22.5. The Labute approximate surface area is 96.0 Å².